The molecule has 0 aromatic carbocycles. The predicted octanol–water partition coefficient (Wildman–Crippen LogP) is 0.686. The number of rotatable bonds is 2. The van der Waals surface area contributed by atoms with Crippen molar-refractivity contribution >= 4 is 17.7 Å². The van der Waals surface area contributed by atoms with Gasteiger partial charge >= 0.3 is 11.9 Å². The van der Waals surface area contributed by atoms with Crippen molar-refractivity contribution in [1.29, 1.82) is 0 Å². The minimum Gasteiger partial charge on any atom is -0.458 e. The molecular formula is C14H18O6. The predicted molar refractivity (Wildman–Crippen MR) is 69.6 cm³/mol. The third-order valence-electron chi connectivity index (χ3n) is 2.74. The van der Waals surface area contributed by atoms with Crippen molar-refractivity contribution in [2.45, 2.75) is 45.0 Å². The molecule has 0 saturated heterocycles. The molecule has 3 atom stereocenters. The number of esters is 2. The first-order valence-electron chi connectivity index (χ1n) is 6.37. The van der Waals surface area contributed by atoms with Gasteiger partial charge in [-0.25, -0.2) is 4.79 Å². The van der Waals surface area contributed by atoms with E-state index in [1.807, 2.05) is 0 Å². The quantitative estimate of drug-likeness (QED) is 0.592. The molecule has 6 heteroatoms. The summed E-state index contributed by atoms with van der Waals surface area (Å²) in [4.78, 5) is 34.5. The molecule has 0 fully saturated rings. The maximum Gasteiger partial charge on any atom is 0.331 e. The molecule has 0 aromatic rings. The summed E-state index contributed by atoms with van der Waals surface area (Å²) >= 11 is 0. The van der Waals surface area contributed by atoms with Crippen LogP contribution in [0.3, 0.4) is 0 Å². The maximum absolute atomic E-state index is 11.6. The molecular weight excluding hydrogens is 264 g/mol. The van der Waals surface area contributed by atoms with Gasteiger partial charge in [-0.15, -0.1) is 0 Å². The number of hydrogen-bond acceptors (Lipinski definition) is 6. The second-order valence-corrected chi connectivity index (χ2v) is 4.41. The topological polar surface area (TPSA) is 89.9 Å². The molecule has 20 heavy (non-hydrogen) atoms. The van der Waals surface area contributed by atoms with E-state index in [-0.39, 0.29) is 12.8 Å². The first-order chi connectivity index (χ1) is 9.43. The van der Waals surface area contributed by atoms with Crippen molar-refractivity contribution < 1.29 is 29.0 Å². The van der Waals surface area contributed by atoms with Crippen molar-refractivity contribution in [1.82, 2.24) is 0 Å². The average molecular weight is 282 g/mol. The number of carbonyl (C=O) groups excluding carboxylic acids is 3. The lowest BCUT2D eigenvalue weighted by atomic mass is 10.1. The van der Waals surface area contributed by atoms with Gasteiger partial charge in [0.1, 0.15) is 12.2 Å². The standard InChI is InChI=1S/C14H18O6/c1-3-4-13(17)20-12-7-5-10(15)11(16)6-8-14(18)19-9(12)2/h3-5,7,9,11-12,16H,6,8H2,1-2H3/b4-3+,7-5?/t9-,11+,12+/m1/s1. The fourth-order valence-corrected chi connectivity index (χ4v) is 1.63. The normalized spacial score (nSPS) is 28.2. The Bertz CT molecular complexity index is 437. The molecule has 1 heterocycles. The van der Waals surface area contributed by atoms with E-state index in [1.165, 1.54) is 18.2 Å². The van der Waals surface area contributed by atoms with Crippen LogP contribution in [0.15, 0.2) is 24.3 Å². The summed E-state index contributed by atoms with van der Waals surface area (Å²) in [6.45, 7) is 3.23. The Kier molecular flexibility index (Phi) is 6.11. The highest BCUT2D eigenvalue weighted by atomic mass is 16.6. The van der Waals surface area contributed by atoms with Gasteiger partial charge in [-0.3, -0.25) is 9.59 Å². The summed E-state index contributed by atoms with van der Waals surface area (Å²) in [7, 11) is 0. The van der Waals surface area contributed by atoms with E-state index in [0.29, 0.717) is 0 Å². The van der Waals surface area contributed by atoms with Crippen LogP contribution in [0.1, 0.15) is 26.7 Å². The van der Waals surface area contributed by atoms with E-state index in [0.717, 1.165) is 6.08 Å². The largest absolute Gasteiger partial charge is 0.458 e. The lowest BCUT2D eigenvalue weighted by Gasteiger charge is -2.22. The third-order valence-corrected chi connectivity index (χ3v) is 2.74. The number of ether oxygens (including phenoxy) is 2. The highest BCUT2D eigenvalue weighted by molar-refractivity contribution is 5.93. The van der Waals surface area contributed by atoms with Gasteiger partial charge in [0.05, 0.1) is 0 Å². The van der Waals surface area contributed by atoms with Gasteiger partial charge < -0.3 is 14.6 Å². The zero-order chi connectivity index (χ0) is 15.1. The summed E-state index contributed by atoms with van der Waals surface area (Å²) in [6.07, 6.45) is 2.30. The van der Waals surface area contributed by atoms with Crippen LogP contribution in [0.5, 0.6) is 0 Å². The Morgan fingerprint density at radius 3 is 2.85 bits per heavy atom. The minimum absolute atomic E-state index is 0.0117. The van der Waals surface area contributed by atoms with Gasteiger partial charge in [-0.1, -0.05) is 6.08 Å². The zero-order valence-electron chi connectivity index (χ0n) is 11.4. The lowest BCUT2D eigenvalue weighted by Crippen LogP contribution is -2.33. The molecule has 1 aliphatic heterocycles. The zero-order valence-corrected chi connectivity index (χ0v) is 11.4. The number of allylic oxidation sites excluding steroid dienone is 1. The molecule has 0 spiro atoms. The second kappa shape index (κ2) is 7.59. The lowest BCUT2D eigenvalue weighted by molar-refractivity contribution is -0.161. The Morgan fingerprint density at radius 1 is 1.50 bits per heavy atom. The van der Waals surface area contributed by atoms with Crippen molar-refractivity contribution in [3.63, 3.8) is 0 Å². The molecule has 0 bridgehead atoms. The summed E-state index contributed by atoms with van der Waals surface area (Å²) in [5.41, 5.74) is 0. The van der Waals surface area contributed by atoms with E-state index in [1.54, 1.807) is 13.8 Å². The van der Waals surface area contributed by atoms with Crippen molar-refractivity contribution in [2.75, 3.05) is 0 Å². The molecule has 0 aromatic heterocycles. The fourth-order valence-electron chi connectivity index (χ4n) is 1.63. The van der Waals surface area contributed by atoms with Crippen LogP contribution in [0.4, 0.5) is 0 Å². The first-order valence-corrected chi connectivity index (χ1v) is 6.37. The number of ketones is 1. The SMILES string of the molecule is C/C=C/C(=O)O[C@H]1C=CC(=O)[C@@H](O)CCC(=O)O[C@@H]1C. The number of cyclic esters (lactones) is 1. The van der Waals surface area contributed by atoms with Crippen LogP contribution in [0, 0.1) is 0 Å². The Morgan fingerprint density at radius 2 is 2.20 bits per heavy atom. The Hall–Kier alpha value is -1.95. The molecule has 0 aliphatic carbocycles. The molecule has 1 aliphatic rings. The molecule has 6 nitrogen and oxygen atoms in total. The molecule has 0 amide bonds. The maximum atomic E-state index is 11.6. The number of hydrogen-bond donors (Lipinski definition) is 1. The van der Waals surface area contributed by atoms with Crippen molar-refractivity contribution in [3.05, 3.63) is 24.3 Å². The van der Waals surface area contributed by atoms with E-state index < -0.39 is 36.0 Å². The van der Waals surface area contributed by atoms with Crippen LogP contribution in [-0.4, -0.2) is 41.1 Å². The molecule has 0 radical (unpaired) electrons. The minimum atomic E-state index is -1.25. The van der Waals surface area contributed by atoms with Gasteiger partial charge in [0, 0.05) is 12.5 Å². The van der Waals surface area contributed by atoms with Gasteiger partial charge in [0.15, 0.2) is 11.9 Å². The summed E-state index contributed by atoms with van der Waals surface area (Å²) in [5.74, 6) is -1.68. The number of aliphatic hydroxyl groups is 1. The van der Waals surface area contributed by atoms with Gasteiger partial charge in [-0.05, 0) is 32.4 Å². The highest BCUT2D eigenvalue weighted by Crippen LogP contribution is 2.12. The van der Waals surface area contributed by atoms with E-state index >= 15 is 0 Å². The van der Waals surface area contributed by atoms with Gasteiger partial charge in [-0.2, -0.15) is 0 Å². The van der Waals surface area contributed by atoms with Crippen LogP contribution >= 0.6 is 0 Å². The van der Waals surface area contributed by atoms with E-state index in [9.17, 15) is 19.5 Å². The molecule has 0 unspecified atom stereocenters. The fraction of sp³-hybridized carbons (Fsp3) is 0.500. The first kappa shape index (κ1) is 16.1. The monoisotopic (exact) mass is 282 g/mol. The second-order valence-electron chi connectivity index (χ2n) is 4.41. The van der Waals surface area contributed by atoms with Gasteiger partial charge in [0.2, 0.25) is 0 Å². The third kappa shape index (κ3) is 4.97. The van der Waals surface area contributed by atoms with Crippen LogP contribution in [0.2, 0.25) is 0 Å². The van der Waals surface area contributed by atoms with Crippen LogP contribution in [0.25, 0.3) is 0 Å². The smallest absolute Gasteiger partial charge is 0.331 e. The molecule has 1 N–H and O–H groups in total. The summed E-state index contributed by atoms with van der Waals surface area (Å²) in [5, 5.41) is 9.51. The van der Waals surface area contributed by atoms with Gasteiger partial charge in [0.25, 0.3) is 0 Å². The van der Waals surface area contributed by atoms with E-state index in [2.05, 4.69) is 0 Å². The average Bonchev–Trinajstić information content (AvgIpc) is 2.39. The van der Waals surface area contributed by atoms with Crippen molar-refractivity contribution in [3.8, 4) is 0 Å². The van der Waals surface area contributed by atoms with E-state index in [4.69, 9.17) is 9.47 Å². The molecule has 110 valence electrons. The Balaban J connectivity index is 2.88. The Labute approximate surface area is 117 Å². The van der Waals surface area contributed by atoms with Crippen LogP contribution < -0.4 is 0 Å². The van der Waals surface area contributed by atoms with Crippen LogP contribution in [-0.2, 0) is 23.9 Å². The summed E-state index contributed by atoms with van der Waals surface area (Å²) in [6, 6.07) is 0. The van der Waals surface area contributed by atoms with Crippen molar-refractivity contribution in [2.24, 2.45) is 0 Å². The molecule has 0 saturated carbocycles. The highest BCUT2D eigenvalue weighted by Gasteiger charge is 2.25. The summed E-state index contributed by atoms with van der Waals surface area (Å²) < 4.78 is 10.2. The number of carbonyl (C=O) groups is 3. The number of aliphatic hydroxyl groups excluding tert-OH is 1. The molecule has 1 rings (SSSR count).